The molecule has 0 aliphatic carbocycles. The number of piperazine rings is 1. The van der Waals surface area contributed by atoms with Gasteiger partial charge in [0.05, 0.1) is 6.61 Å². The highest BCUT2D eigenvalue weighted by molar-refractivity contribution is 6.06. The molecule has 0 atom stereocenters. The van der Waals surface area contributed by atoms with Crippen molar-refractivity contribution in [2.75, 3.05) is 13.2 Å². The molecule has 0 spiro atoms. The van der Waals surface area contributed by atoms with E-state index in [1.807, 2.05) is 30.3 Å². The molecule has 1 N–H and O–H groups in total. The summed E-state index contributed by atoms with van der Waals surface area (Å²) in [7, 11) is 0. The normalized spacial score (nSPS) is 17.5. The lowest BCUT2D eigenvalue weighted by molar-refractivity contribution is -0.158. The van der Waals surface area contributed by atoms with Crippen LogP contribution in [0.4, 0.5) is 0 Å². The SMILES string of the molecule is CC1(C)C(=O)NC(=O)CN1C(=O)COCc1ccccc1. The Kier molecular flexibility index (Phi) is 4.37. The number of nitrogens with zero attached hydrogens (tertiary/aromatic N) is 1. The van der Waals surface area contributed by atoms with Crippen LogP contribution < -0.4 is 5.32 Å². The van der Waals surface area contributed by atoms with Crippen molar-refractivity contribution >= 4 is 17.7 Å². The van der Waals surface area contributed by atoms with Gasteiger partial charge < -0.3 is 9.64 Å². The molecule has 1 heterocycles. The number of carbonyl (C=O) groups is 3. The standard InChI is InChI=1S/C15H18N2O4/c1-15(2)14(20)16-12(18)8-17(15)13(19)10-21-9-11-6-4-3-5-7-11/h3-7H,8-10H2,1-2H3,(H,16,18,20). The predicted octanol–water partition coefficient (Wildman–Crippen LogP) is 0.467. The number of hydrogen-bond acceptors (Lipinski definition) is 4. The van der Waals surface area contributed by atoms with Gasteiger partial charge in [0.25, 0.3) is 5.91 Å². The van der Waals surface area contributed by atoms with Gasteiger partial charge in [-0.25, -0.2) is 0 Å². The van der Waals surface area contributed by atoms with Gasteiger partial charge >= 0.3 is 0 Å². The smallest absolute Gasteiger partial charge is 0.252 e. The Morgan fingerprint density at radius 3 is 2.62 bits per heavy atom. The van der Waals surface area contributed by atoms with E-state index < -0.39 is 17.4 Å². The second-order valence-electron chi connectivity index (χ2n) is 5.39. The van der Waals surface area contributed by atoms with Crippen LogP contribution in [0.25, 0.3) is 0 Å². The second kappa shape index (κ2) is 6.05. The summed E-state index contributed by atoms with van der Waals surface area (Å²) >= 11 is 0. The maximum absolute atomic E-state index is 12.2. The fourth-order valence-electron chi connectivity index (χ4n) is 2.09. The molecule has 1 aliphatic heterocycles. The maximum atomic E-state index is 12.2. The lowest BCUT2D eigenvalue weighted by Crippen LogP contribution is -2.66. The molecule has 21 heavy (non-hydrogen) atoms. The van der Waals surface area contributed by atoms with Gasteiger partial charge in [0.15, 0.2) is 0 Å². The minimum atomic E-state index is -1.05. The van der Waals surface area contributed by atoms with Gasteiger partial charge in [0.1, 0.15) is 18.7 Å². The molecule has 6 heteroatoms. The van der Waals surface area contributed by atoms with Crippen LogP contribution in [0.1, 0.15) is 19.4 Å². The van der Waals surface area contributed by atoms with Crippen molar-refractivity contribution in [2.45, 2.75) is 26.0 Å². The zero-order valence-electron chi connectivity index (χ0n) is 12.1. The first-order chi connectivity index (χ1) is 9.91. The quantitative estimate of drug-likeness (QED) is 0.818. The molecule has 1 aliphatic rings. The summed E-state index contributed by atoms with van der Waals surface area (Å²) in [6.07, 6.45) is 0. The highest BCUT2D eigenvalue weighted by Gasteiger charge is 2.43. The molecule has 1 saturated heterocycles. The van der Waals surface area contributed by atoms with Crippen molar-refractivity contribution in [3.8, 4) is 0 Å². The van der Waals surface area contributed by atoms with Crippen LogP contribution in [-0.4, -0.2) is 41.3 Å². The van der Waals surface area contributed by atoms with Crippen molar-refractivity contribution in [1.29, 1.82) is 0 Å². The van der Waals surface area contributed by atoms with E-state index in [9.17, 15) is 14.4 Å². The minimum Gasteiger partial charge on any atom is -0.367 e. The highest BCUT2D eigenvalue weighted by atomic mass is 16.5. The summed E-state index contributed by atoms with van der Waals surface area (Å²) in [6, 6.07) is 9.46. The van der Waals surface area contributed by atoms with Crippen LogP contribution >= 0.6 is 0 Å². The number of imide groups is 1. The van der Waals surface area contributed by atoms with E-state index in [1.54, 1.807) is 13.8 Å². The van der Waals surface area contributed by atoms with Crippen molar-refractivity contribution in [2.24, 2.45) is 0 Å². The summed E-state index contributed by atoms with van der Waals surface area (Å²) in [6.45, 7) is 3.21. The Hall–Kier alpha value is -2.21. The molecule has 1 aromatic rings. The first-order valence-electron chi connectivity index (χ1n) is 6.67. The van der Waals surface area contributed by atoms with Gasteiger partial charge in [-0.3, -0.25) is 19.7 Å². The number of rotatable bonds is 4. The lowest BCUT2D eigenvalue weighted by Gasteiger charge is -2.40. The molecule has 0 radical (unpaired) electrons. The summed E-state index contributed by atoms with van der Waals surface area (Å²) in [5.74, 6) is -1.33. The van der Waals surface area contributed by atoms with E-state index in [-0.39, 0.29) is 19.1 Å². The van der Waals surface area contributed by atoms with Crippen LogP contribution in [0.5, 0.6) is 0 Å². The van der Waals surface area contributed by atoms with E-state index in [1.165, 1.54) is 4.90 Å². The number of hydrogen-bond donors (Lipinski definition) is 1. The van der Waals surface area contributed by atoms with E-state index >= 15 is 0 Å². The number of amides is 3. The minimum absolute atomic E-state index is 0.133. The molecule has 0 unspecified atom stereocenters. The third kappa shape index (κ3) is 3.46. The van der Waals surface area contributed by atoms with Gasteiger partial charge in [-0.15, -0.1) is 0 Å². The molecular formula is C15H18N2O4. The average molecular weight is 290 g/mol. The van der Waals surface area contributed by atoms with E-state index in [2.05, 4.69) is 5.32 Å². The Bertz CT molecular complexity index is 554. The largest absolute Gasteiger partial charge is 0.367 e. The molecule has 6 nitrogen and oxygen atoms in total. The molecule has 3 amide bonds. The zero-order valence-corrected chi connectivity index (χ0v) is 12.1. The average Bonchev–Trinajstić information content (AvgIpc) is 2.44. The Balaban J connectivity index is 1.93. The monoisotopic (exact) mass is 290 g/mol. The van der Waals surface area contributed by atoms with Crippen molar-refractivity contribution < 1.29 is 19.1 Å². The second-order valence-corrected chi connectivity index (χ2v) is 5.39. The molecule has 0 bridgehead atoms. The summed E-state index contributed by atoms with van der Waals surface area (Å²) in [5.41, 5.74) is -0.0989. The third-order valence-electron chi connectivity index (χ3n) is 3.42. The van der Waals surface area contributed by atoms with E-state index in [4.69, 9.17) is 4.74 Å². The van der Waals surface area contributed by atoms with Gasteiger partial charge in [-0.05, 0) is 19.4 Å². The third-order valence-corrected chi connectivity index (χ3v) is 3.42. The Morgan fingerprint density at radius 1 is 1.29 bits per heavy atom. The van der Waals surface area contributed by atoms with Crippen LogP contribution in [0.15, 0.2) is 30.3 Å². The predicted molar refractivity (Wildman–Crippen MR) is 75.0 cm³/mol. The van der Waals surface area contributed by atoms with E-state index in [0.717, 1.165) is 5.56 Å². The maximum Gasteiger partial charge on any atom is 0.252 e. The van der Waals surface area contributed by atoms with Gasteiger partial charge in [0.2, 0.25) is 11.8 Å². The van der Waals surface area contributed by atoms with Gasteiger partial charge in [0, 0.05) is 0 Å². The van der Waals surface area contributed by atoms with E-state index in [0.29, 0.717) is 6.61 Å². The number of ether oxygens (including phenoxy) is 1. The van der Waals surface area contributed by atoms with Crippen LogP contribution in [0.2, 0.25) is 0 Å². The molecular weight excluding hydrogens is 272 g/mol. The molecule has 1 fully saturated rings. The summed E-state index contributed by atoms with van der Waals surface area (Å²) in [5, 5.41) is 2.22. The van der Waals surface area contributed by atoms with Crippen LogP contribution in [0.3, 0.4) is 0 Å². The topological polar surface area (TPSA) is 75.7 Å². The Labute approximate surface area is 123 Å². The molecule has 112 valence electrons. The van der Waals surface area contributed by atoms with Gasteiger partial charge in [-0.2, -0.15) is 0 Å². The molecule has 0 saturated carbocycles. The molecule has 2 rings (SSSR count). The highest BCUT2D eigenvalue weighted by Crippen LogP contribution is 2.18. The molecule has 0 aromatic heterocycles. The first kappa shape index (κ1) is 15.2. The fraction of sp³-hybridized carbons (Fsp3) is 0.400. The lowest BCUT2D eigenvalue weighted by atomic mass is 9.98. The molecule has 1 aromatic carbocycles. The summed E-state index contributed by atoms with van der Waals surface area (Å²) in [4.78, 5) is 36.6. The number of benzene rings is 1. The van der Waals surface area contributed by atoms with Crippen molar-refractivity contribution in [3.63, 3.8) is 0 Å². The first-order valence-corrected chi connectivity index (χ1v) is 6.67. The zero-order chi connectivity index (χ0) is 15.5. The van der Waals surface area contributed by atoms with Crippen molar-refractivity contribution in [3.05, 3.63) is 35.9 Å². The number of carbonyl (C=O) groups excluding carboxylic acids is 3. The van der Waals surface area contributed by atoms with Crippen LogP contribution in [0, 0.1) is 0 Å². The van der Waals surface area contributed by atoms with Crippen molar-refractivity contribution in [1.82, 2.24) is 10.2 Å². The van der Waals surface area contributed by atoms with Gasteiger partial charge in [-0.1, -0.05) is 30.3 Å². The Morgan fingerprint density at radius 2 is 1.95 bits per heavy atom. The fourth-order valence-corrected chi connectivity index (χ4v) is 2.09. The van der Waals surface area contributed by atoms with Crippen LogP contribution in [-0.2, 0) is 25.7 Å². The summed E-state index contributed by atoms with van der Waals surface area (Å²) < 4.78 is 5.36. The number of nitrogens with one attached hydrogen (secondary N) is 1.